The third-order valence-electron chi connectivity index (χ3n) is 2.38. The molecule has 0 aliphatic heterocycles. The van der Waals surface area contributed by atoms with Crippen LogP contribution in [-0.2, 0) is 0 Å². The van der Waals surface area contributed by atoms with E-state index in [0.717, 1.165) is 13.0 Å². The second-order valence-electron chi connectivity index (χ2n) is 4.23. The molecule has 0 atom stereocenters. The molecule has 1 aromatic rings. The Bertz CT molecular complexity index is 409. The van der Waals surface area contributed by atoms with Crippen LogP contribution in [0.15, 0.2) is 12.1 Å². The number of carbonyl (C=O) groups is 1. The van der Waals surface area contributed by atoms with Crippen LogP contribution in [0.4, 0.5) is 5.82 Å². The van der Waals surface area contributed by atoms with Crippen LogP contribution in [0.1, 0.15) is 16.8 Å². The molecule has 5 nitrogen and oxygen atoms in total. The molecule has 1 heterocycles. The van der Waals surface area contributed by atoms with Gasteiger partial charge in [0.05, 0.1) is 0 Å². The Morgan fingerprint density at radius 1 is 1.44 bits per heavy atom. The first-order chi connectivity index (χ1) is 8.52. The van der Waals surface area contributed by atoms with Gasteiger partial charge in [-0.05, 0) is 39.2 Å². The lowest BCUT2D eigenvalue weighted by atomic mass is 10.2. The minimum absolute atomic E-state index is 0.130. The molecule has 6 heteroatoms. The molecule has 0 unspecified atom stereocenters. The van der Waals surface area contributed by atoms with E-state index in [0.29, 0.717) is 23.1 Å². The van der Waals surface area contributed by atoms with Gasteiger partial charge in [-0.1, -0.05) is 11.6 Å². The standard InChI is InChI=1S/C12H19ClN4O/c1-14-11-8-9(7-10(13)16-11)12(18)15-5-4-6-17(2)3/h7-8H,4-6H2,1-3H3,(H,14,16)(H,15,18). The van der Waals surface area contributed by atoms with Gasteiger partial charge in [-0.25, -0.2) is 4.98 Å². The number of carbonyl (C=O) groups excluding carboxylic acids is 1. The highest BCUT2D eigenvalue weighted by molar-refractivity contribution is 6.29. The van der Waals surface area contributed by atoms with Crippen molar-refractivity contribution in [3.8, 4) is 0 Å². The molecule has 2 N–H and O–H groups in total. The lowest BCUT2D eigenvalue weighted by Gasteiger charge is -2.10. The van der Waals surface area contributed by atoms with Crippen LogP contribution in [0, 0.1) is 0 Å². The summed E-state index contributed by atoms with van der Waals surface area (Å²) in [5, 5.41) is 6.02. The molecule has 1 aromatic heterocycles. The van der Waals surface area contributed by atoms with Gasteiger partial charge >= 0.3 is 0 Å². The molecule has 0 saturated carbocycles. The van der Waals surface area contributed by atoms with E-state index < -0.39 is 0 Å². The summed E-state index contributed by atoms with van der Waals surface area (Å²) < 4.78 is 0. The Labute approximate surface area is 113 Å². The minimum Gasteiger partial charge on any atom is -0.373 e. The van der Waals surface area contributed by atoms with Gasteiger partial charge in [0.25, 0.3) is 5.91 Å². The number of nitrogens with one attached hydrogen (secondary N) is 2. The second kappa shape index (κ2) is 7.18. The van der Waals surface area contributed by atoms with Crippen molar-refractivity contribution in [2.24, 2.45) is 0 Å². The lowest BCUT2D eigenvalue weighted by molar-refractivity contribution is 0.0952. The quantitative estimate of drug-likeness (QED) is 0.607. The summed E-state index contributed by atoms with van der Waals surface area (Å²) in [7, 11) is 5.74. The van der Waals surface area contributed by atoms with Crippen LogP contribution < -0.4 is 10.6 Å². The molecule has 0 fully saturated rings. The maximum Gasteiger partial charge on any atom is 0.251 e. The fourth-order valence-corrected chi connectivity index (χ4v) is 1.66. The van der Waals surface area contributed by atoms with Crippen molar-refractivity contribution in [3.63, 3.8) is 0 Å². The maximum atomic E-state index is 11.9. The molecule has 0 aromatic carbocycles. The zero-order chi connectivity index (χ0) is 13.5. The van der Waals surface area contributed by atoms with Crippen LogP contribution in [0.2, 0.25) is 5.15 Å². The van der Waals surface area contributed by atoms with Crippen molar-refractivity contribution < 1.29 is 4.79 Å². The van der Waals surface area contributed by atoms with Crippen LogP contribution in [0.5, 0.6) is 0 Å². The second-order valence-corrected chi connectivity index (χ2v) is 4.61. The Hall–Kier alpha value is -1.33. The topological polar surface area (TPSA) is 57.3 Å². The average Bonchev–Trinajstić information content (AvgIpc) is 2.33. The summed E-state index contributed by atoms with van der Waals surface area (Å²) in [6.07, 6.45) is 0.913. The highest BCUT2D eigenvalue weighted by Gasteiger charge is 2.08. The van der Waals surface area contributed by atoms with Crippen LogP contribution in [0.3, 0.4) is 0 Å². The van der Waals surface area contributed by atoms with Crippen molar-refractivity contribution >= 4 is 23.3 Å². The smallest absolute Gasteiger partial charge is 0.251 e. The largest absolute Gasteiger partial charge is 0.373 e. The van der Waals surface area contributed by atoms with Crippen molar-refractivity contribution in [1.29, 1.82) is 0 Å². The maximum absolute atomic E-state index is 11.9. The molecule has 0 saturated heterocycles. The van der Waals surface area contributed by atoms with E-state index >= 15 is 0 Å². The normalized spacial score (nSPS) is 10.5. The van der Waals surface area contributed by atoms with E-state index in [1.54, 1.807) is 19.2 Å². The summed E-state index contributed by atoms with van der Waals surface area (Å²) in [6.45, 7) is 1.59. The molecule has 0 radical (unpaired) electrons. The molecule has 0 aliphatic carbocycles. The van der Waals surface area contributed by atoms with Gasteiger partial charge in [0.1, 0.15) is 11.0 Å². The van der Waals surface area contributed by atoms with Crippen molar-refractivity contribution in [2.75, 3.05) is 39.5 Å². The molecular formula is C12H19ClN4O. The third kappa shape index (κ3) is 4.89. The first-order valence-electron chi connectivity index (χ1n) is 5.81. The van der Waals surface area contributed by atoms with Crippen molar-refractivity contribution in [1.82, 2.24) is 15.2 Å². The van der Waals surface area contributed by atoms with E-state index in [-0.39, 0.29) is 5.91 Å². The number of amides is 1. The molecule has 0 bridgehead atoms. The highest BCUT2D eigenvalue weighted by Crippen LogP contribution is 2.13. The molecule has 0 spiro atoms. The van der Waals surface area contributed by atoms with Gasteiger partial charge in [-0.15, -0.1) is 0 Å². The Kier molecular flexibility index (Phi) is 5.88. The lowest BCUT2D eigenvalue weighted by Crippen LogP contribution is -2.27. The van der Waals surface area contributed by atoms with E-state index in [1.165, 1.54) is 0 Å². The summed E-state index contributed by atoms with van der Waals surface area (Å²) in [6, 6.07) is 3.23. The fourth-order valence-electron chi connectivity index (χ4n) is 1.46. The number of hydrogen-bond acceptors (Lipinski definition) is 4. The van der Waals surface area contributed by atoms with Crippen molar-refractivity contribution in [3.05, 3.63) is 22.8 Å². The van der Waals surface area contributed by atoms with Gasteiger partial charge in [0, 0.05) is 19.2 Å². The van der Waals surface area contributed by atoms with Gasteiger partial charge in [0.2, 0.25) is 0 Å². The van der Waals surface area contributed by atoms with Gasteiger partial charge in [0.15, 0.2) is 0 Å². The van der Waals surface area contributed by atoms with E-state index in [9.17, 15) is 4.79 Å². The molecule has 18 heavy (non-hydrogen) atoms. The van der Waals surface area contributed by atoms with Gasteiger partial charge in [-0.2, -0.15) is 0 Å². The predicted molar refractivity (Wildman–Crippen MR) is 74.3 cm³/mol. The van der Waals surface area contributed by atoms with Gasteiger partial charge in [-0.3, -0.25) is 4.79 Å². The number of halogens is 1. The Morgan fingerprint density at radius 2 is 2.17 bits per heavy atom. The number of pyridine rings is 1. The molecule has 0 aliphatic rings. The monoisotopic (exact) mass is 270 g/mol. The number of anilines is 1. The van der Waals surface area contributed by atoms with Crippen LogP contribution in [-0.4, -0.2) is 50.0 Å². The summed E-state index contributed by atoms with van der Waals surface area (Å²) >= 11 is 5.84. The Morgan fingerprint density at radius 3 is 2.78 bits per heavy atom. The molecule has 1 amide bonds. The van der Waals surface area contributed by atoms with E-state index in [2.05, 4.69) is 20.5 Å². The van der Waals surface area contributed by atoms with Crippen LogP contribution >= 0.6 is 11.6 Å². The first kappa shape index (κ1) is 14.7. The average molecular weight is 271 g/mol. The summed E-state index contributed by atoms with van der Waals surface area (Å²) in [5.41, 5.74) is 0.518. The molecule has 100 valence electrons. The van der Waals surface area contributed by atoms with E-state index in [4.69, 9.17) is 11.6 Å². The molecular weight excluding hydrogens is 252 g/mol. The fraction of sp³-hybridized carbons (Fsp3) is 0.500. The zero-order valence-corrected chi connectivity index (χ0v) is 11.7. The summed E-state index contributed by atoms with van der Waals surface area (Å²) in [4.78, 5) is 18.0. The first-order valence-corrected chi connectivity index (χ1v) is 6.19. The third-order valence-corrected chi connectivity index (χ3v) is 2.57. The van der Waals surface area contributed by atoms with Gasteiger partial charge < -0.3 is 15.5 Å². The SMILES string of the molecule is CNc1cc(C(=O)NCCCN(C)C)cc(Cl)n1. The number of hydrogen-bond donors (Lipinski definition) is 2. The van der Waals surface area contributed by atoms with Crippen LogP contribution in [0.25, 0.3) is 0 Å². The highest BCUT2D eigenvalue weighted by atomic mass is 35.5. The Balaban J connectivity index is 2.53. The number of rotatable bonds is 6. The zero-order valence-electron chi connectivity index (χ0n) is 11.0. The minimum atomic E-state index is -0.130. The van der Waals surface area contributed by atoms with Crippen molar-refractivity contribution in [2.45, 2.75) is 6.42 Å². The predicted octanol–water partition coefficient (Wildman–Crippen LogP) is 1.46. The number of nitrogens with zero attached hydrogens (tertiary/aromatic N) is 2. The van der Waals surface area contributed by atoms with E-state index in [1.807, 2.05) is 14.1 Å². The molecule has 1 rings (SSSR count). The number of aromatic nitrogens is 1. The summed E-state index contributed by atoms with van der Waals surface area (Å²) in [5.74, 6) is 0.454.